The van der Waals surface area contributed by atoms with E-state index in [0.717, 1.165) is 50.9 Å². The molecule has 3 nitrogen and oxygen atoms in total. The van der Waals surface area contributed by atoms with Crippen molar-refractivity contribution in [3.05, 3.63) is 295 Å². The Morgan fingerprint density at radius 2 is 0.798 bits per heavy atom. The van der Waals surface area contributed by atoms with Crippen LogP contribution in [0.5, 0.6) is 0 Å². The lowest BCUT2D eigenvalue weighted by Crippen LogP contribution is -2.17. The van der Waals surface area contributed by atoms with Gasteiger partial charge in [0, 0.05) is 81.6 Å². The van der Waals surface area contributed by atoms with Crippen LogP contribution >= 0.6 is 11.3 Å². The van der Waals surface area contributed by atoms with Gasteiger partial charge in [0.25, 0.3) is 0 Å². The number of rotatable bonds is 8. The third-order valence-corrected chi connectivity index (χ3v) is 19.9. The lowest BCUT2D eigenvalue weighted by molar-refractivity contribution is 0.660. The van der Waals surface area contributed by atoms with Crippen LogP contribution in [-0.4, -0.2) is 4.57 Å². The van der Waals surface area contributed by atoms with E-state index in [0.29, 0.717) is 0 Å². The van der Waals surface area contributed by atoms with E-state index >= 15 is 0 Å². The number of anilines is 6. The number of para-hydroxylation sites is 1. The van der Waals surface area contributed by atoms with E-state index in [4.69, 9.17) is 0 Å². The Bertz CT molecular complexity index is 5020. The first-order chi connectivity index (χ1) is 41.1. The molecule has 0 unspecified atom stereocenters. The summed E-state index contributed by atoms with van der Waals surface area (Å²) in [4.78, 5) is 5.03. The Morgan fingerprint density at radius 1 is 0.310 bits per heavy atom. The van der Waals surface area contributed by atoms with Crippen LogP contribution in [0, 0.1) is 0 Å². The summed E-state index contributed by atoms with van der Waals surface area (Å²) in [6.07, 6.45) is 0. The smallest absolute Gasteiger partial charge is 0.0555 e. The number of aromatic nitrogens is 1. The molecular formula is C80H57N3S. The average molecular weight is 1090 g/mol. The van der Waals surface area contributed by atoms with Crippen LogP contribution in [0.1, 0.15) is 49.9 Å². The zero-order chi connectivity index (χ0) is 56.0. The van der Waals surface area contributed by atoms with Gasteiger partial charge in [-0.05, 0) is 180 Å². The lowest BCUT2D eigenvalue weighted by Gasteiger charge is -2.32. The van der Waals surface area contributed by atoms with Gasteiger partial charge in [0.1, 0.15) is 0 Å². The van der Waals surface area contributed by atoms with E-state index in [-0.39, 0.29) is 10.8 Å². The maximum absolute atomic E-state index is 2.51. The van der Waals surface area contributed by atoms with Crippen LogP contribution in [0.2, 0.25) is 0 Å². The minimum atomic E-state index is -0.202. The summed E-state index contributed by atoms with van der Waals surface area (Å²) in [6, 6.07) is 103. The van der Waals surface area contributed by atoms with Gasteiger partial charge < -0.3 is 14.4 Å². The monoisotopic (exact) mass is 1090 g/mol. The molecule has 0 aliphatic heterocycles. The first-order valence-electron chi connectivity index (χ1n) is 29.3. The van der Waals surface area contributed by atoms with Crippen molar-refractivity contribution in [3.8, 4) is 39.1 Å². The van der Waals surface area contributed by atoms with Gasteiger partial charge in [-0.3, -0.25) is 0 Å². The standard InChI is InChI=1S/C80H57N3S/c1-79(2)70-27-15-12-24-63(70)65-37-35-59(48-72(65)79)81(57-33-30-50-18-8-10-20-52(50)42-57)61-44-55(54-32-40-74-69(46-54)77-75(83(74)56-22-6-5-7-23-56)41-39-68-67-26-14-17-29-76(67)84-78(68)77)45-62(47-61)82(58-34-31-51-19-9-11-21-53(51)43-58)60-36-38-66-64-25-13-16-28-71(64)80(3,4)73(66)49-60/h5-49H,1-4H3. The largest absolute Gasteiger partial charge is 0.310 e. The SMILES string of the molecule is CC1(C)c2ccccc2-c2ccc(N(c3cc(-c4ccc5c(c4)c4c6sc7ccccc7c6ccc4n5-c4ccccc4)cc(N(c4ccc5c(c4)C(C)(C)c4ccccc4-5)c4ccc5ccccc5c4)c3)c3ccc4ccccc4c3)cc21. The molecule has 0 N–H and O–H groups in total. The molecule has 398 valence electrons. The predicted octanol–water partition coefficient (Wildman–Crippen LogP) is 22.7. The number of thiophene rings is 1. The third-order valence-electron chi connectivity index (χ3n) is 18.7. The van der Waals surface area contributed by atoms with Gasteiger partial charge in [-0.1, -0.05) is 198 Å². The second-order valence-corrected chi connectivity index (χ2v) is 25.2. The number of hydrogen-bond acceptors (Lipinski definition) is 3. The molecule has 2 aliphatic rings. The number of benzene rings is 13. The summed E-state index contributed by atoms with van der Waals surface area (Å²) < 4.78 is 5.08. The summed E-state index contributed by atoms with van der Waals surface area (Å²) in [7, 11) is 0. The van der Waals surface area contributed by atoms with Gasteiger partial charge in [0.15, 0.2) is 0 Å². The van der Waals surface area contributed by atoms with Gasteiger partial charge in [-0.25, -0.2) is 0 Å². The molecule has 4 heteroatoms. The van der Waals surface area contributed by atoms with E-state index in [1.165, 1.54) is 108 Å². The van der Waals surface area contributed by atoms with Crippen LogP contribution in [0.25, 0.3) is 103 Å². The first-order valence-corrected chi connectivity index (χ1v) is 30.1. The van der Waals surface area contributed by atoms with Gasteiger partial charge in [0.2, 0.25) is 0 Å². The van der Waals surface area contributed by atoms with E-state index in [1.54, 1.807) is 0 Å². The zero-order valence-electron chi connectivity index (χ0n) is 47.2. The number of nitrogens with zero attached hydrogens (tertiary/aromatic N) is 3. The maximum Gasteiger partial charge on any atom is 0.0555 e. The van der Waals surface area contributed by atoms with Gasteiger partial charge in [-0.15, -0.1) is 11.3 Å². The summed E-state index contributed by atoms with van der Waals surface area (Å²) in [5.41, 5.74) is 22.5. The summed E-state index contributed by atoms with van der Waals surface area (Å²) in [5.74, 6) is 0. The molecule has 0 radical (unpaired) electrons. The maximum atomic E-state index is 2.51. The van der Waals surface area contributed by atoms with E-state index in [1.807, 2.05) is 11.3 Å². The van der Waals surface area contributed by atoms with Gasteiger partial charge in [-0.2, -0.15) is 0 Å². The quantitative estimate of drug-likeness (QED) is 0.150. The number of fused-ring (bicyclic) bond motifs is 15. The highest BCUT2D eigenvalue weighted by molar-refractivity contribution is 7.26. The van der Waals surface area contributed by atoms with Crippen molar-refractivity contribution in [1.82, 2.24) is 4.57 Å². The van der Waals surface area contributed by atoms with Crippen LogP contribution in [0.4, 0.5) is 34.1 Å². The normalized spacial score (nSPS) is 13.7. The highest BCUT2D eigenvalue weighted by Crippen LogP contribution is 2.54. The Hall–Kier alpha value is -10.0. The summed E-state index contributed by atoms with van der Waals surface area (Å²) in [6.45, 7) is 9.54. The fourth-order valence-corrected chi connectivity index (χ4v) is 15.8. The Kier molecular flexibility index (Phi) is 10.6. The first kappa shape index (κ1) is 48.7. The van der Waals surface area contributed by atoms with Crippen molar-refractivity contribution in [1.29, 1.82) is 0 Å². The van der Waals surface area contributed by atoms with Crippen molar-refractivity contribution < 1.29 is 0 Å². The zero-order valence-corrected chi connectivity index (χ0v) is 48.0. The Morgan fingerprint density at radius 3 is 1.40 bits per heavy atom. The van der Waals surface area contributed by atoms with Crippen molar-refractivity contribution in [2.45, 2.75) is 38.5 Å². The molecule has 0 atom stereocenters. The molecule has 0 spiro atoms. The van der Waals surface area contributed by atoms with Gasteiger partial charge in [0.05, 0.1) is 11.0 Å². The molecule has 0 amide bonds. The molecule has 2 aromatic heterocycles. The topological polar surface area (TPSA) is 11.4 Å². The minimum absolute atomic E-state index is 0.202. The Balaban J connectivity index is 0.960. The highest BCUT2D eigenvalue weighted by Gasteiger charge is 2.38. The Labute approximate surface area is 493 Å². The second kappa shape index (κ2) is 18.2. The molecule has 0 saturated heterocycles. The van der Waals surface area contributed by atoms with Crippen LogP contribution < -0.4 is 9.80 Å². The van der Waals surface area contributed by atoms with E-state index in [9.17, 15) is 0 Å². The third kappa shape index (κ3) is 7.30. The van der Waals surface area contributed by atoms with Crippen molar-refractivity contribution in [3.63, 3.8) is 0 Å². The molecule has 0 fully saturated rings. The predicted molar refractivity (Wildman–Crippen MR) is 359 cm³/mol. The summed E-state index contributed by atoms with van der Waals surface area (Å²) in [5, 5.41) is 9.91. The minimum Gasteiger partial charge on any atom is -0.310 e. The lowest BCUT2D eigenvalue weighted by atomic mass is 9.82. The molecule has 84 heavy (non-hydrogen) atoms. The molecule has 0 saturated carbocycles. The van der Waals surface area contributed by atoms with E-state index in [2.05, 4.69) is 315 Å². The molecular weight excluding hydrogens is 1030 g/mol. The molecule has 15 aromatic rings. The number of hydrogen-bond donors (Lipinski definition) is 0. The molecule has 17 rings (SSSR count). The highest BCUT2D eigenvalue weighted by atomic mass is 32.1. The molecule has 0 bridgehead atoms. The second-order valence-electron chi connectivity index (χ2n) is 24.1. The fourth-order valence-electron chi connectivity index (χ4n) is 14.5. The fraction of sp³-hybridized carbons (Fsp3) is 0.0750. The molecule has 2 heterocycles. The summed E-state index contributed by atoms with van der Waals surface area (Å²) >= 11 is 1.90. The average Bonchev–Trinajstić information content (AvgIpc) is 1.74. The molecule has 13 aromatic carbocycles. The van der Waals surface area contributed by atoms with Crippen LogP contribution in [0.3, 0.4) is 0 Å². The van der Waals surface area contributed by atoms with Crippen LogP contribution in [0.15, 0.2) is 273 Å². The van der Waals surface area contributed by atoms with Crippen molar-refractivity contribution in [2.24, 2.45) is 0 Å². The van der Waals surface area contributed by atoms with E-state index < -0.39 is 0 Å². The van der Waals surface area contributed by atoms with Gasteiger partial charge >= 0.3 is 0 Å². The van der Waals surface area contributed by atoms with Crippen molar-refractivity contribution >= 4 is 109 Å². The van der Waals surface area contributed by atoms with Crippen molar-refractivity contribution in [2.75, 3.05) is 9.80 Å². The molecule has 2 aliphatic carbocycles. The van der Waals surface area contributed by atoms with Crippen LogP contribution in [-0.2, 0) is 10.8 Å².